The largest absolute Gasteiger partial charge is 0.398 e. The van der Waals surface area contributed by atoms with Gasteiger partial charge in [-0.2, -0.15) is 0 Å². The summed E-state index contributed by atoms with van der Waals surface area (Å²) in [7, 11) is 0. The third-order valence-electron chi connectivity index (χ3n) is 6.11. The van der Waals surface area contributed by atoms with Crippen molar-refractivity contribution >= 4 is 22.5 Å². The zero-order valence-corrected chi connectivity index (χ0v) is 15.8. The van der Waals surface area contributed by atoms with E-state index >= 15 is 0 Å². The molecule has 0 radical (unpaired) electrons. The highest BCUT2D eigenvalue weighted by molar-refractivity contribution is 5.93. The summed E-state index contributed by atoms with van der Waals surface area (Å²) in [6.07, 6.45) is 2.73. The van der Waals surface area contributed by atoms with Gasteiger partial charge in [0, 0.05) is 61.5 Å². The Kier molecular flexibility index (Phi) is 3.75. The van der Waals surface area contributed by atoms with Crippen LogP contribution in [0.5, 0.6) is 0 Å². The molecule has 1 saturated heterocycles. The van der Waals surface area contributed by atoms with E-state index in [9.17, 15) is 9.59 Å². The van der Waals surface area contributed by atoms with E-state index in [0.717, 1.165) is 40.7 Å². The maximum Gasteiger partial charge on any atom is 0.251 e. The van der Waals surface area contributed by atoms with Crippen LogP contribution < -0.4 is 11.3 Å². The molecule has 6 nitrogen and oxygen atoms in total. The Balaban J connectivity index is 1.61. The minimum Gasteiger partial charge on any atom is -0.398 e. The number of rotatable bonds is 1. The number of anilines is 1. The molecule has 2 aliphatic heterocycles. The van der Waals surface area contributed by atoms with Crippen LogP contribution >= 0.6 is 0 Å². The number of carbonyl (C=O) groups is 1. The van der Waals surface area contributed by atoms with Crippen LogP contribution in [-0.4, -0.2) is 33.4 Å². The quantitative estimate of drug-likeness (QED) is 0.710. The maximum absolute atomic E-state index is 12.9. The standard InChI is InChI=1S/C22H22N4O2/c1-13(27)25-10-14-6-17(12-25)21-8-16(9-22(28)26(21)11-14)15-2-3-20-18(7-15)19(23)4-5-24-20/h2-5,7-9,14,17H,6,10-12H2,1H3,(H2,23,24)/t14-,17+/m0/s1. The lowest BCUT2D eigenvalue weighted by molar-refractivity contribution is -0.131. The molecule has 5 rings (SSSR count). The van der Waals surface area contributed by atoms with Gasteiger partial charge in [0.15, 0.2) is 0 Å². The van der Waals surface area contributed by atoms with Crippen molar-refractivity contribution < 1.29 is 4.79 Å². The lowest BCUT2D eigenvalue weighted by Crippen LogP contribution is -2.48. The van der Waals surface area contributed by atoms with E-state index < -0.39 is 0 Å². The zero-order chi connectivity index (χ0) is 19.4. The summed E-state index contributed by atoms with van der Waals surface area (Å²) in [6, 6.07) is 11.5. The van der Waals surface area contributed by atoms with Gasteiger partial charge in [0.2, 0.25) is 5.91 Å². The van der Waals surface area contributed by atoms with E-state index in [4.69, 9.17) is 5.73 Å². The molecule has 1 amide bonds. The first-order valence-electron chi connectivity index (χ1n) is 9.64. The minimum absolute atomic E-state index is 0.0257. The summed E-state index contributed by atoms with van der Waals surface area (Å²) in [6.45, 7) is 3.74. The van der Waals surface area contributed by atoms with E-state index in [2.05, 4.69) is 11.1 Å². The molecule has 1 fully saturated rings. The third kappa shape index (κ3) is 2.68. The van der Waals surface area contributed by atoms with E-state index in [1.54, 1.807) is 25.3 Å². The highest BCUT2D eigenvalue weighted by Crippen LogP contribution is 2.37. The van der Waals surface area contributed by atoms with Crippen LogP contribution in [0.2, 0.25) is 0 Å². The number of likely N-dealkylation sites (tertiary alicyclic amines) is 1. The number of hydrogen-bond donors (Lipinski definition) is 1. The molecule has 1 aromatic carbocycles. The second-order valence-electron chi connectivity index (χ2n) is 7.97. The summed E-state index contributed by atoms with van der Waals surface area (Å²) in [5.74, 6) is 0.667. The predicted molar refractivity (Wildman–Crippen MR) is 109 cm³/mol. The van der Waals surface area contributed by atoms with E-state index in [-0.39, 0.29) is 17.4 Å². The molecule has 28 heavy (non-hydrogen) atoms. The highest BCUT2D eigenvalue weighted by atomic mass is 16.2. The average molecular weight is 374 g/mol. The van der Waals surface area contributed by atoms with Crippen molar-refractivity contribution in [2.24, 2.45) is 5.92 Å². The van der Waals surface area contributed by atoms with Gasteiger partial charge in [0.25, 0.3) is 5.56 Å². The van der Waals surface area contributed by atoms with Gasteiger partial charge in [-0.1, -0.05) is 6.07 Å². The van der Waals surface area contributed by atoms with Crippen LogP contribution in [0.3, 0.4) is 0 Å². The molecule has 142 valence electrons. The van der Waals surface area contributed by atoms with Crippen LogP contribution in [-0.2, 0) is 11.3 Å². The molecule has 0 saturated carbocycles. The Morgan fingerprint density at radius 2 is 1.96 bits per heavy atom. The Labute approximate surface area is 162 Å². The molecule has 0 spiro atoms. The first kappa shape index (κ1) is 17.0. The maximum atomic E-state index is 12.9. The van der Waals surface area contributed by atoms with Crippen molar-refractivity contribution in [1.29, 1.82) is 0 Å². The number of amides is 1. The number of piperidine rings is 1. The second-order valence-corrected chi connectivity index (χ2v) is 7.97. The monoisotopic (exact) mass is 374 g/mol. The van der Waals surface area contributed by atoms with Crippen molar-refractivity contribution in [2.45, 2.75) is 25.8 Å². The fourth-order valence-corrected chi connectivity index (χ4v) is 4.73. The van der Waals surface area contributed by atoms with Gasteiger partial charge in [0.1, 0.15) is 0 Å². The molecule has 2 atom stereocenters. The lowest BCUT2D eigenvalue weighted by Gasteiger charge is -2.42. The molecular weight excluding hydrogens is 352 g/mol. The van der Waals surface area contributed by atoms with E-state index in [1.807, 2.05) is 27.7 Å². The van der Waals surface area contributed by atoms with Crippen LogP contribution in [0, 0.1) is 5.92 Å². The predicted octanol–water partition coefficient (Wildman–Crippen LogP) is 2.61. The number of carbonyl (C=O) groups excluding carboxylic acids is 1. The summed E-state index contributed by atoms with van der Waals surface area (Å²) in [5, 5.41) is 0.887. The van der Waals surface area contributed by atoms with Gasteiger partial charge >= 0.3 is 0 Å². The first-order chi connectivity index (χ1) is 13.5. The fraction of sp³-hybridized carbons (Fsp3) is 0.318. The van der Waals surface area contributed by atoms with Gasteiger partial charge in [-0.25, -0.2) is 0 Å². The van der Waals surface area contributed by atoms with E-state index in [0.29, 0.717) is 24.7 Å². The first-order valence-corrected chi connectivity index (χ1v) is 9.64. The van der Waals surface area contributed by atoms with Crippen LogP contribution in [0.1, 0.15) is 25.0 Å². The molecule has 2 N–H and O–H groups in total. The molecular formula is C22H22N4O2. The molecule has 6 heteroatoms. The second kappa shape index (κ2) is 6.19. The number of nitrogens with two attached hydrogens (primary N) is 1. The smallest absolute Gasteiger partial charge is 0.251 e. The number of hydrogen-bond acceptors (Lipinski definition) is 4. The molecule has 2 aliphatic rings. The zero-order valence-electron chi connectivity index (χ0n) is 15.8. The topological polar surface area (TPSA) is 81.2 Å². The Morgan fingerprint density at radius 3 is 2.79 bits per heavy atom. The van der Waals surface area contributed by atoms with Gasteiger partial charge < -0.3 is 15.2 Å². The number of pyridine rings is 2. The normalized spacial score (nSPS) is 20.8. The molecule has 3 aromatic rings. The molecule has 0 unspecified atom stereocenters. The number of aromatic nitrogens is 2. The van der Waals surface area contributed by atoms with Crippen LogP contribution in [0.4, 0.5) is 5.69 Å². The molecule has 2 bridgehead atoms. The van der Waals surface area contributed by atoms with Gasteiger partial charge in [0.05, 0.1) is 5.52 Å². The van der Waals surface area contributed by atoms with Crippen molar-refractivity contribution in [1.82, 2.24) is 14.5 Å². The van der Waals surface area contributed by atoms with Crippen molar-refractivity contribution in [3.05, 3.63) is 58.6 Å². The highest BCUT2D eigenvalue weighted by Gasteiger charge is 2.35. The summed E-state index contributed by atoms with van der Waals surface area (Å²) < 4.78 is 1.90. The molecule has 2 aromatic heterocycles. The van der Waals surface area contributed by atoms with Crippen LogP contribution in [0.25, 0.3) is 22.0 Å². The third-order valence-corrected chi connectivity index (χ3v) is 6.11. The van der Waals surface area contributed by atoms with Crippen LogP contribution in [0.15, 0.2) is 47.4 Å². The Hall–Kier alpha value is -3.15. The lowest BCUT2D eigenvalue weighted by atomic mass is 9.82. The SMILES string of the molecule is CC(=O)N1C[C@@H]2C[C@H](C1)c1cc(-c3ccc4nccc(N)c4c3)cc(=O)n1C2. The summed E-state index contributed by atoms with van der Waals surface area (Å²) in [4.78, 5) is 31.0. The number of nitrogen functional groups attached to an aromatic ring is 1. The number of benzene rings is 1. The van der Waals surface area contributed by atoms with Gasteiger partial charge in [-0.05, 0) is 47.7 Å². The summed E-state index contributed by atoms with van der Waals surface area (Å²) >= 11 is 0. The Bertz CT molecular complexity index is 1170. The minimum atomic E-state index is 0.0257. The Morgan fingerprint density at radius 1 is 1.11 bits per heavy atom. The fourth-order valence-electron chi connectivity index (χ4n) is 4.73. The number of fused-ring (bicyclic) bond motifs is 5. The van der Waals surface area contributed by atoms with Crippen molar-refractivity contribution in [2.75, 3.05) is 18.8 Å². The van der Waals surface area contributed by atoms with Crippen molar-refractivity contribution in [3.8, 4) is 11.1 Å². The molecule has 4 heterocycles. The average Bonchev–Trinajstić information content (AvgIpc) is 2.68. The van der Waals surface area contributed by atoms with E-state index in [1.165, 1.54) is 0 Å². The van der Waals surface area contributed by atoms with Crippen molar-refractivity contribution in [3.63, 3.8) is 0 Å². The molecule has 0 aliphatic carbocycles. The number of nitrogens with zero attached hydrogens (tertiary/aromatic N) is 3. The van der Waals surface area contributed by atoms with Gasteiger partial charge in [-0.15, -0.1) is 0 Å². The van der Waals surface area contributed by atoms with Gasteiger partial charge in [-0.3, -0.25) is 14.6 Å². The summed E-state index contributed by atoms with van der Waals surface area (Å²) in [5.41, 5.74) is 10.5.